The van der Waals surface area contributed by atoms with Gasteiger partial charge in [0.25, 0.3) is 0 Å². The minimum atomic E-state index is -0.402. The zero-order chi connectivity index (χ0) is 14.1. The van der Waals surface area contributed by atoms with Crippen LogP contribution in [0.1, 0.15) is 0 Å². The first-order valence-electron chi connectivity index (χ1n) is 5.63. The van der Waals surface area contributed by atoms with E-state index in [9.17, 15) is 4.39 Å². The molecular formula is C13H7BrClFN4. The largest absolute Gasteiger partial charge is 0.336 e. The van der Waals surface area contributed by atoms with Crippen molar-refractivity contribution in [3.63, 3.8) is 0 Å². The van der Waals surface area contributed by atoms with Gasteiger partial charge in [-0.05, 0) is 40.2 Å². The summed E-state index contributed by atoms with van der Waals surface area (Å²) in [7, 11) is 0. The lowest BCUT2D eigenvalue weighted by molar-refractivity contribution is 0.625. The van der Waals surface area contributed by atoms with Crippen molar-refractivity contribution in [3.05, 3.63) is 52.1 Å². The van der Waals surface area contributed by atoms with E-state index in [1.807, 2.05) is 0 Å². The van der Waals surface area contributed by atoms with Crippen LogP contribution in [0.15, 0.2) is 41.1 Å². The molecule has 0 aliphatic rings. The fourth-order valence-electron chi connectivity index (χ4n) is 1.74. The molecule has 0 unspecified atom stereocenters. The Morgan fingerprint density at radius 3 is 2.85 bits per heavy atom. The molecule has 0 aliphatic carbocycles. The Balaban J connectivity index is 2.11. The summed E-state index contributed by atoms with van der Waals surface area (Å²) in [5.74, 6) is -0.00390. The number of hydrogen-bond donors (Lipinski definition) is 1. The maximum absolute atomic E-state index is 14.0. The highest BCUT2D eigenvalue weighted by molar-refractivity contribution is 9.10. The highest BCUT2D eigenvalue weighted by Gasteiger charge is 2.10. The molecule has 4 nitrogen and oxygen atoms in total. The van der Waals surface area contributed by atoms with Gasteiger partial charge in [-0.1, -0.05) is 17.7 Å². The number of hydrogen-bond acceptors (Lipinski definition) is 4. The lowest BCUT2D eigenvalue weighted by Crippen LogP contribution is -1.99. The quantitative estimate of drug-likeness (QED) is 0.697. The smallest absolute Gasteiger partial charge is 0.160 e. The Hall–Kier alpha value is -1.79. The van der Waals surface area contributed by atoms with Crippen LogP contribution in [0.3, 0.4) is 0 Å². The summed E-state index contributed by atoms with van der Waals surface area (Å²) in [5, 5.41) is 3.23. The molecule has 0 aliphatic heterocycles. The molecule has 0 bridgehead atoms. The average Bonchev–Trinajstić information content (AvgIpc) is 2.44. The van der Waals surface area contributed by atoms with Crippen molar-refractivity contribution in [2.45, 2.75) is 0 Å². The predicted octanol–water partition coefficient (Wildman–Crippen LogP) is 4.32. The monoisotopic (exact) mass is 352 g/mol. The Morgan fingerprint density at radius 2 is 2.00 bits per heavy atom. The molecule has 2 aromatic heterocycles. The molecule has 100 valence electrons. The van der Waals surface area contributed by atoms with E-state index in [1.54, 1.807) is 30.3 Å². The summed E-state index contributed by atoms with van der Waals surface area (Å²) in [5.41, 5.74) is 1.41. The van der Waals surface area contributed by atoms with E-state index in [2.05, 4.69) is 36.2 Å². The van der Waals surface area contributed by atoms with E-state index < -0.39 is 5.82 Å². The summed E-state index contributed by atoms with van der Waals surface area (Å²) in [4.78, 5) is 12.3. The summed E-state index contributed by atoms with van der Waals surface area (Å²) >= 11 is 9.01. The van der Waals surface area contributed by atoms with E-state index >= 15 is 0 Å². The molecule has 2 heterocycles. The van der Waals surface area contributed by atoms with E-state index in [0.29, 0.717) is 32.2 Å². The number of pyridine rings is 1. The van der Waals surface area contributed by atoms with Crippen LogP contribution in [0.25, 0.3) is 11.0 Å². The highest BCUT2D eigenvalue weighted by Crippen LogP contribution is 2.27. The van der Waals surface area contributed by atoms with Crippen molar-refractivity contribution in [1.29, 1.82) is 0 Å². The maximum atomic E-state index is 14.0. The van der Waals surface area contributed by atoms with Crippen LogP contribution in [-0.4, -0.2) is 15.0 Å². The fourth-order valence-corrected chi connectivity index (χ4v) is 2.25. The van der Waals surface area contributed by atoms with E-state index in [-0.39, 0.29) is 0 Å². The molecular weight excluding hydrogens is 347 g/mol. The van der Waals surface area contributed by atoms with Gasteiger partial charge >= 0.3 is 0 Å². The van der Waals surface area contributed by atoms with Gasteiger partial charge in [0, 0.05) is 0 Å². The Morgan fingerprint density at radius 1 is 1.15 bits per heavy atom. The maximum Gasteiger partial charge on any atom is 0.160 e. The van der Waals surface area contributed by atoms with E-state index in [1.165, 1.54) is 6.33 Å². The van der Waals surface area contributed by atoms with Gasteiger partial charge in [-0.15, -0.1) is 0 Å². The molecule has 0 saturated heterocycles. The van der Waals surface area contributed by atoms with E-state index in [0.717, 1.165) is 0 Å². The van der Waals surface area contributed by atoms with Gasteiger partial charge < -0.3 is 5.32 Å². The van der Waals surface area contributed by atoms with Crippen LogP contribution in [0, 0.1) is 5.82 Å². The standard InChI is InChI=1S/C13H7BrClFN4/c14-7-2-1-3-8(11(7)16)19-13-12-9(17-6-18-13)4-5-10(15)20-12/h1-6H,(H,17,18,19). The van der Waals surface area contributed by atoms with Crippen molar-refractivity contribution in [3.8, 4) is 0 Å². The summed E-state index contributed by atoms with van der Waals surface area (Å²) in [6.07, 6.45) is 1.39. The first kappa shape index (κ1) is 13.2. The number of aromatic nitrogens is 3. The number of fused-ring (bicyclic) bond motifs is 1. The number of nitrogens with one attached hydrogen (secondary N) is 1. The van der Waals surface area contributed by atoms with Crippen LogP contribution in [0.5, 0.6) is 0 Å². The van der Waals surface area contributed by atoms with Gasteiger partial charge in [-0.2, -0.15) is 0 Å². The second-order valence-corrected chi connectivity index (χ2v) is 5.19. The molecule has 0 radical (unpaired) electrons. The van der Waals surface area contributed by atoms with Gasteiger partial charge in [0.2, 0.25) is 0 Å². The third kappa shape index (κ3) is 2.44. The third-order valence-corrected chi connectivity index (χ3v) is 3.48. The Bertz CT molecular complexity index is 796. The first-order chi connectivity index (χ1) is 9.65. The van der Waals surface area contributed by atoms with Crippen molar-refractivity contribution >= 4 is 50.1 Å². The second kappa shape index (κ2) is 5.30. The topological polar surface area (TPSA) is 50.7 Å². The third-order valence-electron chi connectivity index (χ3n) is 2.65. The van der Waals surface area contributed by atoms with Crippen molar-refractivity contribution in [2.24, 2.45) is 0 Å². The summed E-state index contributed by atoms with van der Waals surface area (Å²) in [6, 6.07) is 8.32. The van der Waals surface area contributed by atoms with Crippen molar-refractivity contribution < 1.29 is 4.39 Å². The molecule has 0 fully saturated rings. The molecule has 3 rings (SSSR count). The first-order valence-corrected chi connectivity index (χ1v) is 6.80. The molecule has 0 atom stereocenters. The molecule has 0 amide bonds. The molecule has 20 heavy (non-hydrogen) atoms. The molecule has 0 saturated carbocycles. The van der Waals surface area contributed by atoms with Crippen LogP contribution in [0.4, 0.5) is 15.9 Å². The Kier molecular flexibility index (Phi) is 3.50. The van der Waals surface area contributed by atoms with Crippen molar-refractivity contribution in [1.82, 2.24) is 15.0 Å². The molecule has 1 aromatic carbocycles. The molecule has 0 spiro atoms. The zero-order valence-electron chi connectivity index (χ0n) is 9.94. The zero-order valence-corrected chi connectivity index (χ0v) is 12.3. The number of anilines is 2. The average molecular weight is 354 g/mol. The lowest BCUT2D eigenvalue weighted by Gasteiger charge is -2.09. The normalized spacial score (nSPS) is 10.8. The van der Waals surface area contributed by atoms with Crippen LogP contribution < -0.4 is 5.32 Å². The van der Waals surface area contributed by atoms with Crippen LogP contribution >= 0.6 is 27.5 Å². The van der Waals surface area contributed by atoms with E-state index in [4.69, 9.17) is 11.6 Å². The van der Waals surface area contributed by atoms with Crippen LogP contribution in [0.2, 0.25) is 5.15 Å². The summed E-state index contributed by atoms with van der Waals surface area (Å²) in [6.45, 7) is 0. The van der Waals surface area contributed by atoms with Gasteiger partial charge in [-0.3, -0.25) is 0 Å². The SMILES string of the molecule is Fc1c(Br)cccc1Nc1ncnc2ccc(Cl)nc12. The highest BCUT2D eigenvalue weighted by atomic mass is 79.9. The molecule has 7 heteroatoms. The lowest BCUT2D eigenvalue weighted by atomic mass is 10.3. The number of halogens is 3. The molecule has 1 N–H and O–H groups in total. The van der Waals surface area contributed by atoms with Gasteiger partial charge in [0.1, 0.15) is 17.0 Å². The second-order valence-electron chi connectivity index (χ2n) is 3.95. The number of nitrogens with zero attached hydrogens (tertiary/aromatic N) is 3. The fraction of sp³-hybridized carbons (Fsp3) is 0. The van der Waals surface area contributed by atoms with Crippen molar-refractivity contribution in [2.75, 3.05) is 5.32 Å². The number of benzene rings is 1. The Labute approximate surface area is 127 Å². The summed E-state index contributed by atoms with van der Waals surface area (Å²) < 4.78 is 14.3. The minimum absolute atomic E-state index is 0.293. The van der Waals surface area contributed by atoms with Gasteiger partial charge in [0.05, 0.1) is 15.7 Å². The molecule has 3 aromatic rings. The van der Waals surface area contributed by atoms with Gasteiger partial charge in [0.15, 0.2) is 11.6 Å². The van der Waals surface area contributed by atoms with Crippen LogP contribution in [-0.2, 0) is 0 Å². The van der Waals surface area contributed by atoms with Gasteiger partial charge in [-0.25, -0.2) is 19.3 Å². The predicted molar refractivity (Wildman–Crippen MR) is 79.7 cm³/mol. The minimum Gasteiger partial charge on any atom is -0.336 e. The number of rotatable bonds is 2.